The van der Waals surface area contributed by atoms with Crippen LogP contribution in [0.25, 0.3) is 0 Å². The molecular weight excluding hydrogens is 278 g/mol. The number of carbonyl (C=O) groups excluding carboxylic acids is 2. The van der Waals surface area contributed by atoms with E-state index in [1.165, 1.54) is 7.11 Å². The number of carbonyl (C=O) groups is 3. The maximum Gasteiger partial charge on any atom is 0.326 e. The van der Waals surface area contributed by atoms with E-state index in [4.69, 9.17) is 9.84 Å². The molecule has 0 aromatic heterocycles. The molecule has 0 aliphatic carbocycles. The Hall–Kier alpha value is -2.57. The van der Waals surface area contributed by atoms with Gasteiger partial charge in [0.2, 0.25) is 0 Å². The molecule has 1 amide bonds. The fraction of sp³-hybridized carbons (Fsp3) is 0.357. The van der Waals surface area contributed by atoms with Crippen LogP contribution in [0.3, 0.4) is 0 Å². The summed E-state index contributed by atoms with van der Waals surface area (Å²) in [5, 5.41) is 11.4. The van der Waals surface area contributed by atoms with Crippen molar-refractivity contribution in [2.45, 2.75) is 19.4 Å². The van der Waals surface area contributed by atoms with Crippen LogP contribution in [0, 0.1) is 0 Å². The Morgan fingerprint density at radius 3 is 2.62 bits per heavy atom. The first kappa shape index (κ1) is 16.5. The number of hydrogen-bond donors (Lipinski definition) is 2. The summed E-state index contributed by atoms with van der Waals surface area (Å²) in [6.07, 6.45) is 0.0956. The van der Waals surface area contributed by atoms with Crippen LogP contribution in [0.2, 0.25) is 0 Å². The van der Waals surface area contributed by atoms with Gasteiger partial charge in [0.15, 0.2) is 6.61 Å². The van der Waals surface area contributed by atoms with Gasteiger partial charge in [0, 0.05) is 13.3 Å². The number of carboxylic acids is 1. The van der Waals surface area contributed by atoms with Gasteiger partial charge in [-0.15, -0.1) is 0 Å². The van der Waals surface area contributed by atoms with Gasteiger partial charge in [-0.25, -0.2) is 4.79 Å². The number of carboxylic acid groups (broad SMARTS) is 1. The average molecular weight is 295 g/mol. The molecule has 0 fully saturated rings. The van der Waals surface area contributed by atoms with Crippen LogP contribution in [0.4, 0.5) is 0 Å². The van der Waals surface area contributed by atoms with Gasteiger partial charge in [0.25, 0.3) is 5.91 Å². The Bertz CT molecular complexity index is 528. The van der Waals surface area contributed by atoms with Crippen molar-refractivity contribution in [1.29, 1.82) is 0 Å². The van der Waals surface area contributed by atoms with Crippen LogP contribution in [-0.2, 0) is 25.5 Å². The minimum absolute atomic E-state index is 0.0956. The van der Waals surface area contributed by atoms with Gasteiger partial charge in [-0.1, -0.05) is 12.1 Å². The molecule has 0 bridgehead atoms. The minimum Gasteiger partial charge on any atom is -0.497 e. The molecule has 0 saturated carbocycles. The second kappa shape index (κ2) is 7.88. The molecule has 114 valence electrons. The summed E-state index contributed by atoms with van der Waals surface area (Å²) in [6, 6.07) is 5.78. The van der Waals surface area contributed by atoms with Crippen LogP contribution in [0.1, 0.15) is 12.5 Å². The van der Waals surface area contributed by atoms with Crippen molar-refractivity contribution in [2.75, 3.05) is 13.7 Å². The van der Waals surface area contributed by atoms with E-state index in [1.54, 1.807) is 24.3 Å². The summed E-state index contributed by atoms with van der Waals surface area (Å²) in [7, 11) is 1.51. The first-order valence-corrected chi connectivity index (χ1v) is 6.21. The first-order chi connectivity index (χ1) is 9.92. The third-order valence-electron chi connectivity index (χ3n) is 2.61. The Balaban J connectivity index is 2.67. The Morgan fingerprint density at radius 2 is 2.05 bits per heavy atom. The SMILES string of the molecule is COc1cccc(C[C@@H](NC(=O)COC(C)=O)C(=O)O)c1. The summed E-state index contributed by atoms with van der Waals surface area (Å²) >= 11 is 0. The highest BCUT2D eigenvalue weighted by Crippen LogP contribution is 2.14. The van der Waals surface area contributed by atoms with E-state index in [2.05, 4.69) is 10.1 Å². The standard InChI is InChI=1S/C14H17NO6/c1-9(16)21-8-13(17)15-12(14(18)19)7-10-4-3-5-11(6-10)20-2/h3-6,12H,7-8H2,1-2H3,(H,15,17)(H,18,19)/t12-/m1/s1. The fourth-order valence-corrected chi connectivity index (χ4v) is 1.64. The molecular formula is C14H17NO6. The molecule has 21 heavy (non-hydrogen) atoms. The summed E-state index contributed by atoms with van der Waals surface area (Å²) in [6.45, 7) is 0.662. The van der Waals surface area contributed by atoms with Crippen molar-refractivity contribution in [3.8, 4) is 5.75 Å². The topological polar surface area (TPSA) is 102 Å². The smallest absolute Gasteiger partial charge is 0.326 e. The first-order valence-electron chi connectivity index (χ1n) is 6.21. The number of amides is 1. The maximum atomic E-state index is 11.5. The summed E-state index contributed by atoms with van der Waals surface area (Å²) < 4.78 is 9.56. The summed E-state index contributed by atoms with van der Waals surface area (Å²) in [5.41, 5.74) is 0.703. The number of nitrogens with one attached hydrogen (secondary N) is 1. The van der Waals surface area contributed by atoms with E-state index in [-0.39, 0.29) is 6.42 Å². The monoisotopic (exact) mass is 295 g/mol. The number of benzene rings is 1. The Morgan fingerprint density at radius 1 is 1.33 bits per heavy atom. The second-order valence-electron chi connectivity index (χ2n) is 4.29. The van der Waals surface area contributed by atoms with Crippen LogP contribution < -0.4 is 10.1 Å². The van der Waals surface area contributed by atoms with Gasteiger partial charge < -0.3 is 19.9 Å². The van der Waals surface area contributed by atoms with E-state index >= 15 is 0 Å². The van der Waals surface area contributed by atoms with E-state index in [9.17, 15) is 14.4 Å². The lowest BCUT2D eigenvalue weighted by molar-refractivity contribution is -0.148. The number of esters is 1. The molecule has 1 atom stereocenters. The molecule has 2 N–H and O–H groups in total. The zero-order valence-electron chi connectivity index (χ0n) is 11.8. The van der Waals surface area contributed by atoms with Crippen molar-refractivity contribution >= 4 is 17.8 Å². The zero-order chi connectivity index (χ0) is 15.8. The number of rotatable bonds is 7. The van der Waals surface area contributed by atoms with E-state index in [1.807, 2.05) is 0 Å². The molecule has 1 aromatic rings. The van der Waals surface area contributed by atoms with E-state index < -0.39 is 30.5 Å². The van der Waals surface area contributed by atoms with Gasteiger partial charge in [0.1, 0.15) is 11.8 Å². The van der Waals surface area contributed by atoms with Crippen LogP contribution >= 0.6 is 0 Å². The maximum absolute atomic E-state index is 11.5. The predicted octanol–water partition coefficient (Wildman–Crippen LogP) is 0.370. The predicted molar refractivity (Wildman–Crippen MR) is 72.9 cm³/mol. The Kier molecular flexibility index (Phi) is 6.19. The number of aliphatic carboxylic acids is 1. The Labute approximate surface area is 121 Å². The van der Waals surface area contributed by atoms with Gasteiger partial charge >= 0.3 is 11.9 Å². The lowest BCUT2D eigenvalue weighted by Gasteiger charge is -2.15. The van der Waals surface area contributed by atoms with Gasteiger partial charge in [-0.05, 0) is 17.7 Å². The summed E-state index contributed by atoms with van der Waals surface area (Å²) in [4.78, 5) is 33.3. The molecule has 0 aliphatic rings. The normalized spacial score (nSPS) is 11.3. The zero-order valence-corrected chi connectivity index (χ0v) is 11.8. The third-order valence-corrected chi connectivity index (χ3v) is 2.61. The van der Waals surface area contributed by atoms with Crippen molar-refractivity contribution in [3.05, 3.63) is 29.8 Å². The fourth-order valence-electron chi connectivity index (χ4n) is 1.64. The minimum atomic E-state index is -1.17. The van der Waals surface area contributed by atoms with Crippen molar-refractivity contribution < 1.29 is 29.0 Å². The molecule has 7 heteroatoms. The highest BCUT2D eigenvalue weighted by Gasteiger charge is 2.21. The summed E-state index contributed by atoms with van der Waals surface area (Å²) in [5.74, 6) is -1.85. The van der Waals surface area contributed by atoms with Crippen molar-refractivity contribution in [2.24, 2.45) is 0 Å². The third kappa shape index (κ3) is 5.94. The highest BCUT2D eigenvalue weighted by atomic mass is 16.5. The quantitative estimate of drug-likeness (QED) is 0.705. The van der Waals surface area contributed by atoms with Gasteiger partial charge in [-0.3, -0.25) is 9.59 Å². The molecule has 0 aliphatic heterocycles. The van der Waals surface area contributed by atoms with Gasteiger partial charge in [0.05, 0.1) is 7.11 Å². The second-order valence-corrected chi connectivity index (χ2v) is 4.29. The van der Waals surface area contributed by atoms with Crippen LogP contribution in [0.15, 0.2) is 24.3 Å². The number of hydrogen-bond acceptors (Lipinski definition) is 5. The molecule has 0 unspecified atom stereocenters. The van der Waals surface area contributed by atoms with E-state index in [0.29, 0.717) is 11.3 Å². The van der Waals surface area contributed by atoms with Crippen LogP contribution in [-0.4, -0.2) is 42.7 Å². The average Bonchev–Trinajstić information content (AvgIpc) is 2.44. The number of methoxy groups -OCH3 is 1. The molecule has 0 spiro atoms. The molecule has 1 aromatic carbocycles. The van der Waals surface area contributed by atoms with Crippen molar-refractivity contribution in [1.82, 2.24) is 5.32 Å². The largest absolute Gasteiger partial charge is 0.497 e. The molecule has 7 nitrogen and oxygen atoms in total. The number of ether oxygens (including phenoxy) is 2. The van der Waals surface area contributed by atoms with E-state index in [0.717, 1.165) is 6.92 Å². The van der Waals surface area contributed by atoms with Crippen molar-refractivity contribution in [3.63, 3.8) is 0 Å². The lowest BCUT2D eigenvalue weighted by atomic mass is 10.1. The van der Waals surface area contributed by atoms with Gasteiger partial charge in [-0.2, -0.15) is 0 Å². The lowest BCUT2D eigenvalue weighted by Crippen LogP contribution is -2.44. The molecule has 0 heterocycles. The molecule has 0 radical (unpaired) electrons. The molecule has 0 saturated heterocycles. The molecule has 1 rings (SSSR count). The van der Waals surface area contributed by atoms with Crippen LogP contribution in [0.5, 0.6) is 5.75 Å². The highest BCUT2D eigenvalue weighted by molar-refractivity contribution is 5.85.